The number of hydrogen-bond donors (Lipinski definition) is 2. The summed E-state index contributed by atoms with van der Waals surface area (Å²) in [5.41, 5.74) is 1.99. The number of benzene rings is 1. The van der Waals surface area contributed by atoms with Crippen LogP contribution in [0.3, 0.4) is 0 Å². The van der Waals surface area contributed by atoms with Gasteiger partial charge in [-0.25, -0.2) is 4.79 Å². The Kier molecular flexibility index (Phi) is 5.54. The van der Waals surface area contributed by atoms with Crippen molar-refractivity contribution in [3.8, 4) is 0 Å². The molecular formula is C15H21N3O3S. The fourth-order valence-electron chi connectivity index (χ4n) is 2.37. The highest BCUT2D eigenvalue weighted by Crippen LogP contribution is 2.08. The molecule has 22 heavy (non-hydrogen) atoms. The first kappa shape index (κ1) is 16.5. The van der Waals surface area contributed by atoms with Crippen LogP contribution in [-0.2, 0) is 27.9 Å². The van der Waals surface area contributed by atoms with Crippen LogP contribution in [0.4, 0.5) is 4.79 Å². The maximum absolute atomic E-state index is 11.8. The van der Waals surface area contributed by atoms with Crippen molar-refractivity contribution >= 4 is 22.7 Å². The van der Waals surface area contributed by atoms with E-state index in [4.69, 9.17) is 0 Å². The summed E-state index contributed by atoms with van der Waals surface area (Å²) in [6.45, 7) is 0.965. The Morgan fingerprint density at radius 3 is 2.50 bits per heavy atom. The lowest BCUT2D eigenvalue weighted by atomic mass is 10.1. The number of rotatable bonds is 5. The van der Waals surface area contributed by atoms with Gasteiger partial charge in [0.25, 0.3) is 0 Å². The molecule has 1 aliphatic heterocycles. The van der Waals surface area contributed by atoms with E-state index in [0.717, 1.165) is 11.1 Å². The third kappa shape index (κ3) is 4.84. The van der Waals surface area contributed by atoms with Gasteiger partial charge in [0.1, 0.15) is 0 Å². The molecule has 1 aromatic carbocycles. The van der Waals surface area contributed by atoms with Gasteiger partial charge in [-0.05, 0) is 11.1 Å². The van der Waals surface area contributed by atoms with Crippen molar-refractivity contribution in [2.24, 2.45) is 0 Å². The lowest BCUT2D eigenvalue weighted by Gasteiger charge is -2.13. The van der Waals surface area contributed by atoms with Gasteiger partial charge in [-0.15, -0.1) is 0 Å². The molecule has 2 rings (SSSR count). The molecule has 0 spiro atoms. The second-order valence-electron chi connectivity index (χ2n) is 5.54. The van der Waals surface area contributed by atoms with Gasteiger partial charge in [0, 0.05) is 49.4 Å². The molecule has 3 amide bonds. The lowest BCUT2D eigenvalue weighted by molar-refractivity contribution is -0.126. The summed E-state index contributed by atoms with van der Waals surface area (Å²) < 4.78 is 11.1. The normalized spacial score (nSPS) is 19.1. The maximum Gasteiger partial charge on any atom is 0.315 e. The minimum Gasteiger partial charge on any atom is -0.344 e. The van der Waals surface area contributed by atoms with Crippen molar-refractivity contribution in [1.82, 2.24) is 15.5 Å². The van der Waals surface area contributed by atoms with Gasteiger partial charge in [-0.2, -0.15) is 0 Å². The molecule has 1 unspecified atom stereocenters. The quantitative estimate of drug-likeness (QED) is 0.833. The molecule has 0 aromatic heterocycles. The molecule has 1 fully saturated rings. The van der Waals surface area contributed by atoms with Crippen molar-refractivity contribution in [2.45, 2.75) is 24.8 Å². The summed E-state index contributed by atoms with van der Waals surface area (Å²) in [5, 5.41) is 5.57. The molecule has 0 radical (unpaired) electrons. The van der Waals surface area contributed by atoms with Crippen molar-refractivity contribution < 1.29 is 13.8 Å². The third-order valence-electron chi connectivity index (χ3n) is 3.52. The van der Waals surface area contributed by atoms with E-state index in [0.29, 0.717) is 25.3 Å². The number of likely N-dealkylation sites (tertiary alicyclic amines) is 1. The van der Waals surface area contributed by atoms with Crippen LogP contribution in [0, 0.1) is 0 Å². The highest BCUT2D eigenvalue weighted by atomic mass is 32.2. The zero-order valence-electron chi connectivity index (χ0n) is 12.8. The highest BCUT2D eigenvalue weighted by Gasteiger charge is 2.27. The first-order valence-electron chi connectivity index (χ1n) is 7.10. The first-order chi connectivity index (χ1) is 10.4. The first-order valence-corrected chi connectivity index (χ1v) is 8.83. The molecule has 1 saturated heterocycles. The second kappa shape index (κ2) is 7.40. The van der Waals surface area contributed by atoms with E-state index in [9.17, 15) is 13.8 Å². The zero-order valence-corrected chi connectivity index (χ0v) is 13.6. The highest BCUT2D eigenvalue weighted by molar-refractivity contribution is 7.83. The molecule has 6 nitrogen and oxygen atoms in total. The van der Waals surface area contributed by atoms with Crippen molar-refractivity contribution in [3.05, 3.63) is 35.4 Å². The Hall–Kier alpha value is -1.89. The molecule has 0 bridgehead atoms. The van der Waals surface area contributed by atoms with E-state index in [1.54, 1.807) is 18.2 Å². The number of hydrogen-bond acceptors (Lipinski definition) is 3. The lowest BCUT2D eigenvalue weighted by Crippen LogP contribution is -2.42. The number of carbonyl (C=O) groups is 2. The van der Waals surface area contributed by atoms with E-state index in [1.807, 2.05) is 24.3 Å². The van der Waals surface area contributed by atoms with E-state index in [2.05, 4.69) is 10.6 Å². The molecule has 0 aliphatic carbocycles. The Morgan fingerprint density at radius 2 is 1.95 bits per heavy atom. The van der Waals surface area contributed by atoms with Crippen LogP contribution in [0.1, 0.15) is 17.5 Å². The van der Waals surface area contributed by atoms with Gasteiger partial charge in [-0.3, -0.25) is 9.00 Å². The predicted octanol–water partition coefficient (Wildman–Crippen LogP) is 0.595. The van der Waals surface area contributed by atoms with Crippen molar-refractivity contribution in [3.63, 3.8) is 0 Å². The second-order valence-corrected chi connectivity index (χ2v) is 6.97. The third-order valence-corrected chi connectivity index (χ3v) is 4.26. The number of likely N-dealkylation sites (N-methyl/N-ethyl adjacent to an activating group) is 1. The van der Waals surface area contributed by atoms with Gasteiger partial charge in [0.2, 0.25) is 5.91 Å². The summed E-state index contributed by atoms with van der Waals surface area (Å²) >= 11 is 0. The van der Waals surface area contributed by atoms with Gasteiger partial charge in [0.15, 0.2) is 0 Å². The molecule has 1 aliphatic rings. The van der Waals surface area contributed by atoms with Crippen molar-refractivity contribution in [2.75, 3.05) is 19.8 Å². The van der Waals surface area contributed by atoms with Gasteiger partial charge in [-0.1, -0.05) is 24.3 Å². The Bertz CT molecular complexity index is 574. The summed E-state index contributed by atoms with van der Waals surface area (Å²) in [4.78, 5) is 24.8. The van der Waals surface area contributed by atoms with Gasteiger partial charge in [0.05, 0.1) is 6.04 Å². The molecule has 120 valence electrons. The number of urea groups is 1. The summed E-state index contributed by atoms with van der Waals surface area (Å²) in [7, 11) is 0.875. The average Bonchev–Trinajstić information content (AvgIpc) is 2.76. The SMILES string of the molecule is CN1C[C@@H](NC(=O)NCc2ccc(CS(C)=O)cc2)CC1=O. The fraction of sp³-hybridized carbons (Fsp3) is 0.467. The fourth-order valence-corrected chi connectivity index (χ4v) is 3.03. The van der Waals surface area contributed by atoms with Crippen molar-refractivity contribution in [1.29, 1.82) is 0 Å². The van der Waals surface area contributed by atoms with Crippen LogP contribution < -0.4 is 10.6 Å². The van der Waals surface area contributed by atoms with Crippen LogP contribution in [0.2, 0.25) is 0 Å². The van der Waals surface area contributed by atoms with Crippen LogP contribution >= 0.6 is 0 Å². The monoisotopic (exact) mass is 323 g/mol. The van der Waals surface area contributed by atoms with Gasteiger partial charge < -0.3 is 15.5 Å². The molecule has 1 heterocycles. The van der Waals surface area contributed by atoms with E-state index in [-0.39, 0.29) is 18.0 Å². The van der Waals surface area contributed by atoms with Gasteiger partial charge >= 0.3 is 6.03 Å². The zero-order chi connectivity index (χ0) is 16.1. The standard InChI is InChI=1S/C15H21N3O3S/c1-18-9-13(7-14(18)19)17-15(20)16-8-11-3-5-12(6-4-11)10-22(2)21/h3-6,13H,7-10H2,1-2H3,(H2,16,17,20)/t13-,22?/m0/s1. The average molecular weight is 323 g/mol. The summed E-state index contributed by atoms with van der Waals surface area (Å²) in [5.74, 6) is 0.589. The summed E-state index contributed by atoms with van der Waals surface area (Å²) in [6, 6.07) is 7.26. The molecule has 1 aromatic rings. The van der Waals surface area contributed by atoms with E-state index in [1.165, 1.54) is 0 Å². The molecule has 7 heteroatoms. The number of carbonyl (C=O) groups excluding carboxylic acids is 2. The van der Waals surface area contributed by atoms with E-state index >= 15 is 0 Å². The molecule has 0 saturated carbocycles. The molecular weight excluding hydrogens is 302 g/mol. The van der Waals surface area contributed by atoms with E-state index < -0.39 is 10.8 Å². The largest absolute Gasteiger partial charge is 0.344 e. The van der Waals surface area contributed by atoms with Crippen LogP contribution in [-0.4, -0.2) is 46.9 Å². The topological polar surface area (TPSA) is 78.5 Å². The molecule has 2 N–H and O–H groups in total. The summed E-state index contributed by atoms with van der Waals surface area (Å²) in [6.07, 6.45) is 2.03. The maximum atomic E-state index is 11.8. The minimum atomic E-state index is -0.854. The molecule has 2 atom stereocenters. The van der Waals surface area contributed by atoms with Crippen LogP contribution in [0.5, 0.6) is 0 Å². The number of nitrogens with zero attached hydrogens (tertiary/aromatic N) is 1. The Morgan fingerprint density at radius 1 is 1.32 bits per heavy atom. The Balaban J connectivity index is 1.76. The number of amides is 3. The van der Waals surface area contributed by atoms with Crippen LogP contribution in [0.25, 0.3) is 0 Å². The Labute approximate surface area is 132 Å². The van der Waals surface area contributed by atoms with Crippen LogP contribution in [0.15, 0.2) is 24.3 Å². The predicted molar refractivity (Wildman–Crippen MR) is 85.6 cm³/mol. The smallest absolute Gasteiger partial charge is 0.315 e. The number of nitrogens with one attached hydrogen (secondary N) is 2. The minimum absolute atomic E-state index is 0.0502.